The number of benzene rings is 2. The number of amides is 1. The normalized spacial score (nSPS) is 10.7. The number of hydrogen-bond donors (Lipinski definition) is 3. The van der Waals surface area contributed by atoms with E-state index in [2.05, 4.69) is 28.0 Å². The molecule has 0 bridgehead atoms. The molecule has 0 heterocycles. The van der Waals surface area contributed by atoms with Gasteiger partial charge in [0, 0.05) is 5.69 Å². The van der Waals surface area contributed by atoms with E-state index in [0.717, 1.165) is 16.8 Å². The fourth-order valence-electron chi connectivity index (χ4n) is 2.62. The molecule has 3 N–H and O–H groups in total. The van der Waals surface area contributed by atoms with E-state index in [9.17, 15) is 9.90 Å². The highest BCUT2D eigenvalue weighted by Gasteiger charge is 2.06. The quantitative estimate of drug-likeness (QED) is 0.557. The second-order valence-electron chi connectivity index (χ2n) is 5.85. The lowest BCUT2D eigenvalue weighted by molar-refractivity contribution is -0.119. The highest BCUT2D eigenvalue weighted by atomic mass is 16.5. The van der Waals surface area contributed by atoms with E-state index in [1.165, 1.54) is 25.0 Å². The van der Waals surface area contributed by atoms with Crippen LogP contribution in [0.2, 0.25) is 0 Å². The SMILES string of the molecule is COc1cc(/C=N/NC(=O)CNc2c(C)cc(C)cc2C)ccc1O. The molecule has 0 saturated heterocycles. The van der Waals surface area contributed by atoms with Crippen LogP contribution in [0.25, 0.3) is 0 Å². The summed E-state index contributed by atoms with van der Waals surface area (Å²) in [7, 11) is 1.47. The summed E-state index contributed by atoms with van der Waals surface area (Å²) < 4.78 is 5.02. The summed E-state index contributed by atoms with van der Waals surface area (Å²) in [6.45, 7) is 6.19. The summed E-state index contributed by atoms with van der Waals surface area (Å²) in [6.07, 6.45) is 1.49. The van der Waals surface area contributed by atoms with Gasteiger partial charge in [-0.15, -0.1) is 0 Å². The fraction of sp³-hybridized carbons (Fsp3) is 0.263. The van der Waals surface area contributed by atoms with Crippen molar-refractivity contribution in [1.29, 1.82) is 0 Å². The van der Waals surface area contributed by atoms with Crippen LogP contribution in [0.15, 0.2) is 35.4 Å². The molecule has 0 fully saturated rings. The lowest BCUT2D eigenvalue weighted by atomic mass is 10.1. The van der Waals surface area contributed by atoms with Crippen LogP contribution < -0.4 is 15.5 Å². The first-order valence-electron chi connectivity index (χ1n) is 7.91. The van der Waals surface area contributed by atoms with Crippen LogP contribution in [-0.4, -0.2) is 30.9 Å². The molecule has 6 nitrogen and oxygen atoms in total. The molecule has 0 aromatic heterocycles. The van der Waals surface area contributed by atoms with E-state index < -0.39 is 0 Å². The number of rotatable bonds is 6. The molecule has 0 saturated carbocycles. The van der Waals surface area contributed by atoms with Crippen LogP contribution in [0.4, 0.5) is 5.69 Å². The largest absolute Gasteiger partial charge is 0.504 e. The molecule has 132 valence electrons. The molecule has 2 aromatic rings. The van der Waals surface area contributed by atoms with Crippen LogP contribution in [0.5, 0.6) is 11.5 Å². The Hall–Kier alpha value is -3.02. The zero-order valence-electron chi connectivity index (χ0n) is 14.9. The maximum absolute atomic E-state index is 11.9. The van der Waals surface area contributed by atoms with Crippen molar-refractivity contribution in [2.75, 3.05) is 19.0 Å². The second-order valence-corrected chi connectivity index (χ2v) is 5.85. The molecule has 2 aromatic carbocycles. The smallest absolute Gasteiger partial charge is 0.259 e. The van der Waals surface area contributed by atoms with Crippen molar-refractivity contribution in [3.05, 3.63) is 52.6 Å². The van der Waals surface area contributed by atoms with Crippen molar-refractivity contribution in [3.8, 4) is 11.5 Å². The molecule has 6 heteroatoms. The summed E-state index contributed by atoms with van der Waals surface area (Å²) in [4.78, 5) is 11.9. The Labute approximate surface area is 147 Å². The first kappa shape index (κ1) is 18.3. The van der Waals surface area contributed by atoms with Gasteiger partial charge in [0.25, 0.3) is 5.91 Å². The topological polar surface area (TPSA) is 83.0 Å². The fourth-order valence-corrected chi connectivity index (χ4v) is 2.62. The number of carbonyl (C=O) groups excluding carboxylic acids is 1. The Morgan fingerprint density at radius 2 is 1.88 bits per heavy atom. The zero-order chi connectivity index (χ0) is 18.4. The number of methoxy groups -OCH3 is 1. The van der Waals surface area contributed by atoms with Crippen LogP contribution in [0, 0.1) is 20.8 Å². The lowest BCUT2D eigenvalue weighted by Crippen LogP contribution is -2.26. The third-order valence-electron chi connectivity index (χ3n) is 3.71. The number of aryl methyl sites for hydroxylation is 3. The molecule has 1 amide bonds. The molecule has 25 heavy (non-hydrogen) atoms. The number of hydrogen-bond acceptors (Lipinski definition) is 5. The second kappa shape index (κ2) is 8.19. The van der Waals surface area contributed by atoms with E-state index in [1.54, 1.807) is 12.1 Å². The molecule has 0 unspecified atom stereocenters. The van der Waals surface area contributed by atoms with E-state index in [1.807, 2.05) is 20.8 Å². The summed E-state index contributed by atoms with van der Waals surface area (Å²) in [5.74, 6) is 0.153. The molecular weight excluding hydrogens is 318 g/mol. The van der Waals surface area contributed by atoms with E-state index in [4.69, 9.17) is 4.74 Å². The highest BCUT2D eigenvalue weighted by molar-refractivity contribution is 5.85. The van der Waals surface area contributed by atoms with Crippen LogP contribution in [0.3, 0.4) is 0 Å². The number of phenols is 1. The monoisotopic (exact) mass is 341 g/mol. The molecule has 0 radical (unpaired) electrons. The van der Waals surface area contributed by atoms with E-state index >= 15 is 0 Å². The van der Waals surface area contributed by atoms with Gasteiger partial charge in [0.05, 0.1) is 19.9 Å². The number of phenolic OH excluding ortho intramolecular Hbond substituents is 1. The maximum Gasteiger partial charge on any atom is 0.259 e. The summed E-state index contributed by atoms with van der Waals surface area (Å²) in [5.41, 5.74) is 7.53. The highest BCUT2D eigenvalue weighted by Crippen LogP contribution is 2.25. The minimum absolute atomic E-state index is 0.0525. The third-order valence-corrected chi connectivity index (χ3v) is 3.71. The molecule has 0 aliphatic rings. The summed E-state index contributed by atoms with van der Waals surface area (Å²) in [5, 5.41) is 16.6. The van der Waals surface area contributed by atoms with E-state index in [0.29, 0.717) is 11.3 Å². The van der Waals surface area contributed by atoms with Gasteiger partial charge in [0.15, 0.2) is 11.5 Å². The maximum atomic E-state index is 11.9. The van der Waals surface area contributed by atoms with Gasteiger partial charge in [-0.2, -0.15) is 5.10 Å². The number of nitrogens with zero attached hydrogens (tertiary/aromatic N) is 1. The summed E-state index contributed by atoms with van der Waals surface area (Å²) in [6, 6.07) is 8.95. The molecule has 0 atom stereocenters. The molecule has 2 rings (SSSR count). The van der Waals surface area contributed by atoms with Crippen molar-refractivity contribution in [2.45, 2.75) is 20.8 Å². The Kier molecular flexibility index (Phi) is 6.00. The van der Waals surface area contributed by atoms with Crippen LogP contribution in [-0.2, 0) is 4.79 Å². The standard InChI is InChI=1S/C19H23N3O3/c1-12-7-13(2)19(14(3)8-12)20-11-18(24)22-21-10-15-5-6-16(23)17(9-15)25-4/h5-10,20,23H,11H2,1-4H3,(H,22,24)/b21-10+. The summed E-state index contributed by atoms with van der Waals surface area (Å²) >= 11 is 0. The van der Waals surface area contributed by atoms with E-state index in [-0.39, 0.29) is 18.2 Å². The zero-order valence-corrected chi connectivity index (χ0v) is 14.9. The van der Waals surface area contributed by atoms with Crippen molar-refractivity contribution in [1.82, 2.24) is 5.43 Å². The van der Waals surface area contributed by atoms with Gasteiger partial charge in [0.1, 0.15) is 0 Å². The Morgan fingerprint density at radius 1 is 1.20 bits per heavy atom. The predicted octanol–water partition coefficient (Wildman–Crippen LogP) is 2.89. The van der Waals surface area contributed by atoms with Crippen LogP contribution >= 0.6 is 0 Å². The number of carbonyl (C=O) groups is 1. The van der Waals surface area contributed by atoms with Gasteiger partial charge < -0.3 is 15.2 Å². The molecular formula is C19H23N3O3. The van der Waals surface area contributed by atoms with Gasteiger partial charge in [-0.25, -0.2) is 5.43 Å². The number of anilines is 1. The van der Waals surface area contributed by atoms with Gasteiger partial charge >= 0.3 is 0 Å². The van der Waals surface area contributed by atoms with Crippen molar-refractivity contribution >= 4 is 17.8 Å². The van der Waals surface area contributed by atoms with Crippen molar-refractivity contribution in [3.63, 3.8) is 0 Å². The minimum Gasteiger partial charge on any atom is -0.504 e. The number of ether oxygens (including phenoxy) is 1. The van der Waals surface area contributed by atoms with Gasteiger partial charge in [-0.1, -0.05) is 17.7 Å². The Bertz CT molecular complexity index is 777. The van der Waals surface area contributed by atoms with Crippen LogP contribution in [0.1, 0.15) is 22.3 Å². The van der Waals surface area contributed by atoms with Gasteiger partial charge in [-0.3, -0.25) is 4.79 Å². The molecule has 0 aliphatic heterocycles. The van der Waals surface area contributed by atoms with Gasteiger partial charge in [-0.05, 0) is 55.7 Å². The number of aromatic hydroxyl groups is 1. The number of hydrazone groups is 1. The molecule has 0 spiro atoms. The molecule has 0 aliphatic carbocycles. The van der Waals surface area contributed by atoms with Crippen molar-refractivity contribution < 1.29 is 14.6 Å². The Morgan fingerprint density at radius 3 is 2.52 bits per heavy atom. The minimum atomic E-state index is -0.249. The number of nitrogens with one attached hydrogen (secondary N) is 2. The lowest BCUT2D eigenvalue weighted by Gasteiger charge is -2.13. The average Bonchev–Trinajstić information content (AvgIpc) is 2.55. The van der Waals surface area contributed by atoms with Crippen molar-refractivity contribution in [2.24, 2.45) is 5.10 Å². The third kappa shape index (κ3) is 4.97. The average molecular weight is 341 g/mol. The first-order valence-corrected chi connectivity index (χ1v) is 7.91. The van der Waals surface area contributed by atoms with Gasteiger partial charge in [0.2, 0.25) is 0 Å². The Balaban J connectivity index is 1.91. The first-order chi connectivity index (χ1) is 11.9. The predicted molar refractivity (Wildman–Crippen MR) is 99.5 cm³/mol.